The highest BCUT2D eigenvalue weighted by molar-refractivity contribution is 14.0. The van der Waals surface area contributed by atoms with Crippen LogP contribution in [0.15, 0.2) is 23.2 Å². The van der Waals surface area contributed by atoms with Gasteiger partial charge in [-0.2, -0.15) is 0 Å². The van der Waals surface area contributed by atoms with Gasteiger partial charge < -0.3 is 29.7 Å². The number of hydrogen-bond acceptors (Lipinski definition) is 5. The Morgan fingerprint density at radius 3 is 2.50 bits per heavy atom. The lowest BCUT2D eigenvalue weighted by Crippen LogP contribution is -2.40. The molecule has 0 fully saturated rings. The molecule has 0 spiro atoms. The number of likely N-dealkylation sites (N-methyl/N-ethyl adjacent to an activating group) is 1. The molecule has 0 aromatic heterocycles. The van der Waals surface area contributed by atoms with Gasteiger partial charge in [-0.3, -0.25) is 4.99 Å². The van der Waals surface area contributed by atoms with Gasteiger partial charge in [0.25, 0.3) is 0 Å². The summed E-state index contributed by atoms with van der Waals surface area (Å²) in [6.45, 7) is 4.20. The highest BCUT2D eigenvalue weighted by Crippen LogP contribution is 2.24. The molecule has 0 aliphatic heterocycles. The molecule has 0 amide bonds. The van der Waals surface area contributed by atoms with Gasteiger partial charge in [-0.1, -0.05) is 0 Å². The summed E-state index contributed by atoms with van der Waals surface area (Å²) in [4.78, 5) is 6.52. The van der Waals surface area contributed by atoms with E-state index < -0.39 is 0 Å². The van der Waals surface area contributed by atoms with Gasteiger partial charge >= 0.3 is 0 Å². The summed E-state index contributed by atoms with van der Waals surface area (Å²) in [6.07, 6.45) is 1.04. The molecule has 0 aliphatic rings. The normalized spacial score (nSPS) is 11.1. The van der Waals surface area contributed by atoms with Crippen LogP contribution in [0.1, 0.15) is 12.0 Å². The number of aliphatic imine (C=N–C) groups is 1. The molecular weight excluding hydrogens is 447 g/mol. The Labute approximate surface area is 174 Å². The second-order valence-corrected chi connectivity index (χ2v) is 5.68. The second kappa shape index (κ2) is 14.9. The van der Waals surface area contributed by atoms with Crippen LogP contribution in [-0.2, 0) is 11.3 Å². The minimum atomic E-state index is 0. The van der Waals surface area contributed by atoms with Crippen molar-refractivity contribution in [3.05, 3.63) is 23.8 Å². The van der Waals surface area contributed by atoms with Crippen LogP contribution in [0.5, 0.6) is 11.5 Å². The summed E-state index contributed by atoms with van der Waals surface area (Å²) >= 11 is 0. The van der Waals surface area contributed by atoms with Crippen LogP contribution in [0, 0.1) is 0 Å². The monoisotopic (exact) mass is 480 g/mol. The predicted molar refractivity (Wildman–Crippen MR) is 117 cm³/mol. The highest BCUT2D eigenvalue weighted by atomic mass is 127. The van der Waals surface area contributed by atoms with Gasteiger partial charge in [-0.05, 0) is 25.6 Å². The molecule has 0 saturated carbocycles. The largest absolute Gasteiger partial charge is 0.497 e. The average molecular weight is 480 g/mol. The Hall–Kier alpha value is -1.26. The van der Waals surface area contributed by atoms with E-state index in [9.17, 15) is 0 Å². The molecule has 0 aliphatic carbocycles. The fourth-order valence-electron chi connectivity index (χ4n) is 2.35. The van der Waals surface area contributed by atoms with Gasteiger partial charge in [-0.15, -0.1) is 24.0 Å². The maximum absolute atomic E-state index is 5.42. The van der Waals surface area contributed by atoms with Crippen molar-refractivity contribution in [2.75, 3.05) is 61.7 Å². The number of rotatable bonds is 11. The van der Waals surface area contributed by atoms with Gasteiger partial charge in [0, 0.05) is 58.6 Å². The van der Waals surface area contributed by atoms with Crippen molar-refractivity contribution in [2.24, 2.45) is 4.99 Å². The second-order valence-electron chi connectivity index (χ2n) is 5.68. The SMILES string of the molecule is CN=C(NCCN(C)CCCOC)NCc1ccc(OC)cc1OC.I. The maximum Gasteiger partial charge on any atom is 0.191 e. The van der Waals surface area contributed by atoms with Gasteiger partial charge in [-0.25, -0.2) is 0 Å². The number of nitrogens with one attached hydrogen (secondary N) is 2. The molecule has 26 heavy (non-hydrogen) atoms. The number of methoxy groups -OCH3 is 3. The third kappa shape index (κ3) is 9.44. The molecule has 8 heteroatoms. The lowest BCUT2D eigenvalue weighted by Gasteiger charge is -2.18. The quantitative estimate of drug-likeness (QED) is 0.219. The Morgan fingerprint density at radius 1 is 1.12 bits per heavy atom. The number of halogens is 1. The summed E-state index contributed by atoms with van der Waals surface area (Å²) in [6, 6.07) is 5.79. The molecule has 0 atom stereocenters. The maximum atomic E-state index is 5.42. The first-order valence-corrected chi connectivity index (χ1v) is 8.47. The molecular formula is C18H33IN4O3. The lowest BCUT2D eigenvalue weighted by molar-refractivity contribution is 0.180. The molecule has 0 radical (unpaired) electrons. The van der Waals surface area contributed by atoms with E-state index in [4.69, 9.17) is 14.2 Å². The first kappa shape index (κ1) is 24.7. The number of hydrogen-bond donors (Lipinski definition) is 2. The van der Waals surface area contributed by atoms with Crippen LogP contribution in [0.2, 0.25) is 0 Å². The smallest absolute Gasteiger partial charge is 0.191 e. The van der Waals surface area contributed by atoms with Crippen LogP contribution in [-0.4, -0.2) is 72.5 Å². The van der Waals surface area contributed by atoms with Crippen molar-refractivity contribution in [1.29, 1.82) is 0 Å². The Bertz CT molecular complexity index is 529. The molecule has 1 rings (SSSR count). The van der Waals surface area contributed by atoms with Crippen LogP contribution < -0.4 is 20.1 Å². The Morgan fingerprint density at radius 2 is 1.88 bits per heavy atom. The summed E-state index contributed by atoms with van der Waals surface area (Å²) in [5.74, 6) is 2.34. The zero-order valence-corrected chi connectivity index (χ0v) is 18.8. The van der Waals surface area contributed by atoms with E-state index in [-0.39, 0.29) is 24.0 Å². The van der Waals surface area contributed by atoms with E-state index in [1.165, 1.54) is 0 Å². The van der Waals surface area contributed by atoms with Crippen LogP contribution in [0.4, 0.5) is 0 Å². The van der Waals surface area contributed by atoms with E-state index in [1.54, 1.807) is 28.4 Å². The third-order valence-corrected chi connectivity index (χ3v) is 3.84. The molecule has 0 unspecified atom stereocenters. The standard InChI is InChI=1S/C18H32N4O3.HI/c1-19-18(20-9-11-22(2)10-6-12-23-3)21-14-15-7-8-16(24-4)13-17(15)25-5;/h7-8,13H,6,9-12,14H2,1-5H3,(H2,19,20,21);1H. The van der Waals surface area contributed by atoms with Gasteiger partial charge in [0.05, 0.1) is 14.2 Å². The zero-order chi connectivity index (χ0) is 18.5. The minimum absolute atomic E-state index is 0. The first-order chi connectivity index (χ1) is 12.1. The molecule has 1 aromatic rings. The van der Waals surface area contributed by atoms with Crippen LogP contribution in [0.3, 0.4) is 0 Å². The van der Waals surface area contributed by atoms with Crippen molar-refractivity contribution in [3.8, 4) is 11.5 Å². The third-order valence-electron chi connectivity index (χ3n) is 3.84. The molecule has 0 bridgehead atoms. The molecule has 150 valence electrons. The van der Waals surface area contributed by atoms with Crippen LogP contribution in [0.25, 0.3) is 0 Å². The Balaban J connectivity index is 0.00000625. The van der Waals surface area contributed by atoms with Crippen LogP contribution >= 0.6 is 24.0 Å². The Kier molecular flexibility index (Phi) is 14.1. The number of nitrogens with zero attached hydrogens (tertiary/aromatic N) is 2. The minimum Gasteiger partial charge on any atom is -0.497 e. The predicted octanol–water partition coefficient (Wildman–Crippen LogP) is 1.96. The fourth-order valence-corrected chi connectivity index (χ4v) is 2.35. The molecule has 2 N–H and O–H groups in total. The molecule has 0 heterocycles. The molecule has 7 nitrogen and oxygen atoms in total. The van der Waals surface area contributed by atoms with Gasteiger partial charge in [0.15, 0.2) is 5.96 Å². The van der Waals surface area contributed by atoms with Gasteiger partial charge in [0.1, 0.15) is 11.5 Å². The topological polar surface area (TPSA) is 67.4 Å². The first-order valence-electron chi connectivity index (χ1n) is 8.47. The van der Waals surface area contributed by atoms with Crippen molar-refractivity contribution in [2.45, 2.75) is 13.0 Å². The summed E-state index contributed by atoms with van der Waals surface area (Å²) in [5.41, 5.74) is 1.04. The van der Waals surface area contributed by atoms with E-state index in [0.717, 1.165) is 55.7 Å². The number of guanidine groups is 1. The van der Waals surface area contributed by atoms with Crippen molar-refractivity contribution in [1.82, 2.24) is 15.5 Å². The van der Waals surface area contributed by atoms with E-state index in [1.807, 2.05) is 18.2 Å². The molecule has 0 saturated heterocycles. The number of ether oxygens (including phenoxy) is 3. The molecule has 1 aromatic carbocycles. The summed E-state index contributed by atoms with van der Waals surface area (Å²) < 4.78 is 15.7. The van der Waals surface area contributed by atoms with Crippen molar-refractivity contribution < 1.29 is 14.2 Å². The van der Waals surface area contributed by atoms with Crippen molar-refractivity contribution >= 4 is 29.9 Å². The van der Waals surface area contributed by atoms with E-state index >= 15 is 0 Å². The summed E-state index contributed by atoms with van der Waals surface area (Å²) in [5, 5.41) is 6.62. The van der Waals surface area contributed by atoms with E-state index in [2.05, 4.69) is 27.6 Å². The van der Waals surface area contributed by atoms with Gasteiger partial charge in [0.2, 0.25) is 0 Å². The number of benzene rings is 1. The zero-order valence-electron chi connectivity index (χ0n) is 16.5. The average Bonchev–Trinajstić information content (AvgIpc) is 2.64. The fraction of sp³-hybridized carbons (Fsp3) is 0.611. The highest BCUT2D eigenvalue weighted by Gasteiger charge is 2.06. The van der Waals surface area contributed by atoms with E-state index in [0.29, 0.717) is 6.54 Å². The van der Waals surface area contributed by atoms with Crippen molar-refractivity contribution in [3.63, 3.8) is 0 Å². The lowest BCUT2D eigenvalue weighted by atomic mass is 10.2. The summed E-state index contributed by atoms with van der Waals surface area (Å²) in [7, 11) is 8.91.